The van der Waals surface area contributed by atoms with Crippen molar-refractivity contribution in [2.45, 2.75) is 77.5 Å². The number of carbonyl (C=O) groups is 2. The van der Waals surface area contributed by atoms with Crippen LogP contribution in [-0.2, 0) is 24.3 Å². The molecule has 0 radical (unpaired) electrons. The second kappa shape index (κ2) is 10.7. The Hall–Kier alpha value is -1.19. The molecular weight excluding hydrogens is 394 g/mol. The highest BCUT2D eigenvalue weighted by molar-refractivity contribution is 7.88. The Morgan fingerprint density at radius 1 is 1.14 bits per heavy atom. The number of sulfonamides is 1. The molecule has 168 valence electrons. The van der Waals surface area contributed by atoms with E-state index in [1.807, 2.05) is 0 Å². The Kier molecular flexibility index (Phi) is 8.91. The predicted molar refractivity (Wildman–Crippen MR) is 112 cm³/mol. The Morgan fingerprint density at radius 3 is 2.34 bits per heavy atom. The SMILES string of the molecule is CC(=O)NCC(=O)N1CCC[C@H](NS(C)(=O)=O)[C@@H]1CO[C@H]1CC[C@@H](C(C)C)CC1. The minimum absolute atomic E-state index is 0.0864. The van der Waals surface area contributed by atoms with E-state index in [9.17, 15) is 18.0 Å². The van der Waals surface area contributed by atoms with Crippen LogP contribution in [0.25, 0.3) is 0 Å². The minimum Gasteiger partial charge on any atom is -0.376 e. The lowest BCUT2D eigenvalue weighted by Crippen LogP contribution is -2.60. The van der Waals surface area contributed by atoms with Crippen LogP contribution in [0.15, 0.2) is 0 Å². The van der Waals surface area contributed by atoms with Crippen molar-refractivity contribution in [2.75, 3.05) is 26.0 Å². The fourth-order valence-corrected chi connectivity index (χ4v) is 5.27. The first kappa shape index (κ1) is 24.1. The lowest BCUT2D eigenvalue weighted by Gasteiger charge is -2.42. The summed E-state index contributed by atoms with van der Waals surface area (Å²) >= 11 is 0. The van der Waals surface area contributed by atoms with Crippen LogP contribution in [0.2, 0.25) is 0 Å². The highest BCUT2D eigenvalue weighted by Crippen LogP contribution is 2.31. The van der Waals surface area contributed by atoms with E-state index < -0.39 is 10.0 Å². The first-order valence-electron chi connectivity index (χ1n) is 10.7. The lowest BCUT2D eigenvalue weighted by atomic mass is 9.80. The maximum Gasteiger partial charge on any atom is 0.242 e. The van der Waals surface area contributed by atoms with Crippen molar-refractivity contribution in [3.8, 4) is 0 Å². The molecule has 9 heteroatoms. The summed E-state index contributed by atoms with van der Waals surface area (Å²) in [5.74, 6) is 0.938. The summed E-state index contributed by atoms with van der Waals surface area (Å²) in [5, 5.41) is 2.54. The molecule has 0 aromatic rings. The molecule has 2 N–H and O–H groups in total. The van der Waals surface area contributed by atoms with Crippen LogP contribution in [0.1, 0.15) is 59.3 Å². The van der Waals surface area contributed by atoms with Crippen LogP contribution in [0.5, 0.6) is 0 Å². The van der Waals surface area contributed by atoms with Crippen LogP contribution in [0.3, 0.4) is 0 Å². The van der Waals surface area contributed by atoms with E-state index in [0.29, 0.717) is 31.9 Å². The third kappa shape index (κ3) is 7.86. The fraction of sp³-hybridized carbons (Fsp3) is 0.900. The average molecular weight is 432 g/mol. The zero-order valence-corrected chi connectivity index (χ0v) is 19.0. The van der Waals surface area contributed by atoms with Gasteiger partial charge in [0.15, 0.2) is 0 Å². The van der Waals surface area contributed by atoms with E-state index >= 15 is 0 Å². The molecule has 1 saturated carbocycles. The van der Waals surface area contributed by atoms with Gasteiger partial charge < -0.3 is 15.0 Å². The monoisotopic (exact) mass is 431 g/mol. The number of hydrogen-bond acceptors (Lipinski definition) is 5. The first-order chi connectivity index (χ1) is 13.6. The maximum absolute atomic E-state index is 12.7. The van der Waals surface area contributed by atoms with Crippen LogP contribution in [0, 0.1) is 11.8 Å². The van der Waals surface area contributed by atoms with Gasteiger partial charge in [0.25, 0.3) is 0 Å². The van der Waals surface area contributed by atoms with Crippen molar-refractivity contribution in [1.82, 2.24) is 14.9 Å². The van der Waals surface area contributed by atoms with Crippen LogP contribution in [0.4, 0.5) is 0 Å². The Labute approximate surface area is 175 Å². The van der Waals surface area contributed by atoms with Gasteiger partial charge in [0.05, 0.1) is 31.6 Å². The summed E-state index contributed by atoms with van der Waals surface area (Å²) in [7, 11) is -3.40. The van der Waals surface area contributed by atoms with E-state index in [1.165, 1.54) is 6.92 Å². The molecule has 1 aliphatic carbocycles. The number of amides is 2. The van der Waals surface area contributed by atoms with Crippen molar-refractivity contribution in [1.29, 1.82) is 0 Å². The lowest BCUT2D eigenvalue weighted by molar-refractivity contribution is -0.139. The van der Waals surface area contributed by atoms with Gasteiger partial charge in [-0.25, -0.2) is 13.1 Å². The first-order valence-corrected chi connectivity index (χ1v) is 12.6. The molecule has 29 heavy (non-hydrogen) atoms. The zero-order valence-electron chi connectivity index (χ0n) is 18.1. The summed E-state index contributed by atoms with van der Waals surface area (Å²) in [6.45, 7) is 6.63. The standard InChI is InChI=1S/C20H37N3O5S/c1-14(2)16-7-9-17(10-8-16)28-13-19-18(22-29(4,26)27)6-5-11-23(19)20(25)12-21-15(3)24/h14,16-19,22H,5-13H2,1-4H3,(H,21,24)/t16-,17+,18-,19-/m0/s1. The number of piperidine rings is 1. The number of nitrogens with zero attached hydrogens (tertiary/aromatic N) is 1. The molecule has 0 aromatic heterocycles. The van der Waals surface area contributed by atoms with Gasteiger partial charge in [0.2, 0.25) is 21.8 Å². The molecule has 2 aliphatic rings. The van der Waals surface area contributed by atoms with Crippen molar-refractivity contribution in [3.63, 3.8) is 0 Å². The van der Waals surface area contributed by atoms with E-state index in [4.69, 9.17) is 4.74 Å². The molecule has 0 unspecified atom stereocenters. The van der Waals surface area contributed by atoms with Crippen LogP contribution >= 0.6 is 0 Å². The second-order valence-electron chi connectivity index (χ2n) is 8.82. The molecule has 0 spiro atoms. The number of nitrogens with one attached hydrogen (secondary N) is 2. The summed E-state index contributed by atoms with van der Waals surface area (Å²) in [4.78, 5) is 25.5. The van der Waals surface area contributed by atoms with Crippen molar-refractivity contribution in [2.24, 2.45) is 11.8 Å². The summed E-state index contributed by atoms with van der Waals surface area (Å²) in [5.41, 5.74) is 0. The molecule has 1 heterocycles. The van der Waals surface area contributed by atoms with E-state index in [2.05, 4.69) is 23.9 Å². The largest absolute Gasteiger partial charge is 0.376 e. The quantitative estimate of drug-likeness (QED) is 0.602. The third-order valence-electron chi connectivity index (χ3n) is 6.12. The molecule has 2 fully saturated rings. The number of hydrogen-bond donors (Lipinski definition) is 2. The Morgan fingerprint density at radius 2 is 1.79 bits per heavy atom. The average Bonchev–Trinajstić information content (AvgIpc) is 2.64. The number of rotatable bonds is 8. The van der Waals surface area contributed by atoms with Crippen molar-refractivity contribution < 1.29 is 22.7 Å². The fourth-order valence-electron chi connectivity index (χ4n) is 4.44. The highest BCUT2D eigenvalue weighted by Gasteiger charge is 2.36. The Bertz CT molecular complexity index is 659. The number of ether oxygens (including phenoxy) is 1. The number of likely N-dealkylation sites (tertiary alicyclic amines) is 1. The molecule has 1 aliphatic heterocycles. The normalized spacial score (nSPS) is 28.4. The predicted octanol–water partition coefficient (Wildman–Crippen LogP) is 1.26. The van der Waals surface area contributed by atoms with Crippen LogP contribution in [-0.4, -0.2) is 69.3 Å². The van der Waals surface area contributed by atoms with E-state index in [-0.39, 0.29) is 36.5 Å². The van der Waals surface area contributed by atoms with Crippen LogP contribution < -0.4 is 10.0 Å². The van der Waals surface area contributed by atoms with Crippen molar-refractivity contribution >= 4 is 21.8 Å². The topological polar surface area (TPSA) is 105 Å². The molecule has 2 atom stereocenters. The molecule has 2 rings (SSSR count). The van der Waals surface area contributed by atoms with Gasteiger partial charge in [-0.05, 0) is 50.4 Å². The summed E-state index contributed by atoms with van der Waals surface area (Å²) < 4.78 is 32.5. The van der Waals surface area contributed by atoms with Gasteiger partial charge in [-0.1, -0.05) is 13.8 Å². The molecular formula is C20H37N3O5S. The van der Waals surface area contributed by atoms with Gasteiger partial charge in [-0.3, -0.25) is 9.59 Å². The minimum atomic E-state index is -3.40. The Balaban J connectivity index is 2.02. The summed E-state index contributed by atoms with van der Waals surface area (Å²) in [6, 6.07) is -0.755. The van der Waals surface area contributed by atoms with Gasteiger partial charge in [0, 0.05) is 19.5 Å². The number of carbonyl (C=O) groups excluding carboxylic acids is 2. The second-order valence-corrected chi connectivity index (χ2v) is 10.6. The molecule has 2 amide bonds. The molecule has 0 aromatic carbocycles. The smallest absolute Gasteiger partial charge is 0.242 e. The van der Waals surface area contributed by atoms with Gasteiger partial charge >= 0.3 is 0 Å². The maximum atomic E-state index is 12.7. The molecule has 1 saturated heterocycles. The highest BCUT2D eigenvalue weighted by atomic mass is 32.2. The summed E-state index contributed by atoms with van der Waals surface area (Å²) in [6.07, 6.45) is 6.93. The van der Waals surface area contributed by atoms with E-state index in [0.717, 1.165) is 37.9 Å². The van der Waals surface area contributed by atoms with E-state index in [1.54, 1.807) is 4.90 Å². The third-order valence-corrected chi connectivity index (χ3v) is 6.85. The zero-order chi connectivity index (χ0) is 21.6. The molecule has 8 nitrogen and oxygen atoms in total. The van der Waals surface area contributed by atoms with Gasteiger partial charge in [-0.15, -0.1) is 0 Å². The van der Waals surface area contributed by atoms with Crippen molar-refractivity contribution in [3.05, 3.63) is 0 Å². The molecule has 0 bridgehead atoms. The van der Waals surface area contributed by atoms with Gasteiger partial charge in [-0.2, -0.15) is 0 Å². The van der Waals surface area contributed by atoms with Gasteiger partial charge in [0.1, 0.15) is 0 Å².